The normalized spacial score (nSPS) is 24.6. The molecule has 0 spiro atoms. The third-order valence-electron chi connectivity index (χ3n) is 6.77. The number of rotatable bonds is 6. The van der Waals surface area contributed by atoms with Crippen molar-refractivity contribution in [3.05, 3.63) is 34.4 Å². The van der Waals surface area contributed by atoms with Gasteiger partial charge in [-0.3, -0.25) is 14.4 Å². The predicted octanol–water partition coefficient (Wildman–Crippen LogP) is 4.10. The summed E-state index contributed by atoms with van der Waals surface area (Å²) in [7, 11) is 0. The Morgan fingerprint density at radius 2 is 1.79 bits per heavy atom. The lowest BCUT2D eigenvalue weighted by Gasteiger charge is -2.37. The zero-order valence-electron chi connectivity index (χ0n) is 20.6. The molecule has 0 radical (unpaired) electrons. The van der Waals surface area contributed by atoms with Crippen LogP contribution in [0.15, 0.2) is 17.3 Å². The first-order chi connectivity index (χ1) is 15.6. The first kappa shape index (κ1) is 24.7. The van der Waals surface area contributed by atoms with Crippen molar-refractivity contribution >= 4 is 23.2 Å². The monoisotopic (exact) mass is 450 g/mol. The number of nitrogens with zero attached hydrogens (tertiary/aromatic N) is 2. The van der Waals surface area contributed by atoms with E-state index >= 15 is 0 Å². The average Bonchev–Trinajstić information content (AvgIpc) is 3.16. The summed E-state index contributed by atoms with van der Waals surface area (Å²) in [6, 6.07) is 3.91. The highest BCUT2D eigenvalue weighted by Crippen LogP contribution is 2.42. The largest absolute Gasteiger partial charge is 0.382 e. The molecule has 1 aliphatic carbocycles. The summed E-state index contributed by atoms with van der Waals surface area (Å²) >= 11 is 0. The molecule has 0 bridgehead atoms. The van der Waals surface area contributed by atoms with E-state index in [9.17, 15) is 14.4 Å². The molecule has 1 atom stereocenters. The number of carbonyl (C=O) groups excluding carboxylic acids is 3. The lowest BCUT2D eigenvalue weighted by atomic mass is 9.66. The van der Waals surface area contributed by atoms with Crippen molar-refractivity contribution < 1.29 is 19.2 Å². The summed E-state index contributed by atoms with van der Waals surface area (Å²) < 4.78 is 0. The third-order valence-corrected chi connectivity index (χ3v) is 6.77. The lowest BCUT2D eigenvalue weighted by Crippen LogP contribution is -2.43. The Morgan fingerprint density at radius 1 is 1.18 bits per heavy atom. The van der Waals surface area contributed by atoms with Crippen molar-refractivity contribution in [2.75, 3.05) is 13.1 Å². The maximum atomic E-state index is 13.3. The van der Waals surface area contributed by atoms with Crippen LogP contribution in [0.1, 0.15) is 81.5 Å². The van der Waals surface area contributed by atoms with Crippen LogP contribution in [0, 0.1) is 31.1 Å². The zero-order chi connectivity index (χ0) is 24.3. The van der Waals surface area contributed by atoms with Crippen LogP contribution in [0.25, 0.3) is 0 Å². The second kappa shape index (κ2) is 9.91. The van der Waals surface area contributed by atoms with E-state index in [0.29, 0.717) is 38.8 Å². The number of hydrogen-bond donors (Lipinski definition) is 0. The molecule has 1 saturated carbocycles. The summed E-state index contributed by atoms with van der Waals surface area (Å²) in [5.74, 6) is 5.08. The Hall–Kier alpha value is -2.94. The number of Topliss-reactive ketones (excluding diaryl/α,β-unsaturated/α-hetero) is 2. The van der Waals surface area contributed by atoms with E-state index in [1.807, 2.05) is 46.8 Å². The van der Waals surface area contributed by atoms with E-state index in [0.717, 1.165) is 28.0 Å². The summed E-state index contributed by atoms with van der Waals surface area (Å²) in [4.78, 5) is 46.3. The molecule has 33 heavy (non-hydrogen) atoms. The Morgan fingerprint density at radius 3 is 2.27 bits per heavy atom. The maximum absolute atomic E-state index is 13.3. The van der Waals surface area contributed by atoms with Crippen LogP contribution in [0.3, 0.4) is 0 Å². The topological polar surface area (TPSA) is 76.0 Å². The van der Waals surface area contributed by atoms with Gasteiger partial charge in [0.15, 0.2) is 0 Å². The standard InChI is InChI=1S/C27H34N2O4/c1-7-9-20-12-17(3)24(18(4)13-20)25-21(30)15-27(6,16-22(25)31)10-11-29(8-2)26(32)23-14-19(5)28-33-23/h12-13,23,25H,8,10-11,14-16H2,1-6H3. The molecule has 1 heterocycles. The SMILES string of the molecule is CC#Cc1cc(C)c(C2C(=O)CC(C)(CCN(CC)C(=O)C3CC(C)=NO3)CC2=O)c(C)c1. The minimum atomic E-state index is -0.711. The van der Waals surface area contributed by atoms with Crippen molar-refractivity contribution in [3.63, 3.8) is 0 Å². The van der Waals surface area contributed by atoms with E-state index in [1.54, 1.807) is 11.8 Å². The second-order valence-corrected chi connectivity index (χ2v) is 9.72. The number of benzene rings is 1. The molecule has 2 aliphatic rings. The third kappa shape index (κ3) is 5.35. The number of amides is 1. The van der Waals surface area contributed by atoms with Gasteiger partial charge in [-0.2, -0.15) is 0 Å². The fraction of sp³-hybridized carbons (Fsp3) is 0.556. The molecule has 1 aliphatic heterocycles. The minimum Gasteiger partial charge on any atom is -0.382 e. The van der Waals surface area contributed by atoms with Gasteiger partial charge in [0, 0.05) is 37.9 Å². The van der Waals surface area contributed by atoms with Crippen LogP contribution in [0.4, 0.5) is 0 Å². The molecular weight excluding hydrogens is 416 g/mol. The summed E-state index contributed by atoms with van der Waals surface area (Å²) in [6.07, 6.45) is 1.18. The molecule has 0 saturated heterocycles. The van der Waals surface area contributed by atoms with Gasteiger partial charge in [-0.25, -0.2) is 0 Å². The Balaban J connectivity index is 1.71. The van der Waals surface area contributed by atoms with Crippen LogP contribution >= 0.6 is 0 Å². The van der Waals surface area contributed by atoms with E-state index in [1.165, 1.54) is 0 Å². The maximum Gasteiger partial charge on any atom is 0.266 e. The van der Waals surface area contributed by atoms with Crippen LogP contribution in [-0.4, -0.2) is 47.3 Å². The van der Waals surface area contributed by atoms with Gasteiger partial charge in [-0.15, -0.1) is 5.92 Å². The molecule has 6 heteroatoms. The van der Waals surface area contributed by atoms with Crippen molar-refractivity contribution in [3.8, 4) is 11.8 Å². The molecule has 1 unspecified atom stereocenters. The molecule has 1 aromatic rings. The number of oxime groups is 1. The van der Waals surface area contributed by atoms with E-state index in [4.69, 9.17) is 4.84 Å². The molecule has 1 aromatic carbocycles. The molecular formula is C27H34N2O4. The van der Waals surface area contributed by atoms with E-state index in [-0.39, 0.29) is 17.5 Å². The highest BCUT2D eigenvalue weighted by molar-refractivity contribution is 6.10. The summed E-state index contributed by atoms with van der Waals surface area (Å²) in [5.41, 5.74) is 3.93. The Labute approximate surface area is 196 Å². The van der Waals surface area contributed by atoms with E-state index in [2.05, 4.69) is 17.0 Å². The van der Waals surface area contributed by atoms with Gasteiger partial charge in [-0.05, 0) is 75.3 Å². The zero-order valence-corrected chi connectivity index (χ0v) is 20.6. The van der Waals surface area contributed by atoms with Gasteiger partial charge in [0.2, 0.25) is 6.10 Å². The number of likely N-dealkylation sites (N-methyl/N-ethyl adjacent to an activating group) is 1. The highest BCUT2D eigenvalue weighted by atomic mass is 16.6. The highest BCUT2D eigenvalue weighted by Gasteiger charge is 2.44. The van der Waals surface area contributed by atoms with Gasteiger partial charge in [-0.1, -0.05) is 18.0 Å². The van der Waals surface area contributed by atoms with Crippen LogP contribution in [-0.2, 0) is 19.2 Å². The molecule has 176 valence electrons. The van der Waals surface area contributed by atoms with Gasteiger partial charge < -0.3 is 9.74 Å². The summed E-state index contributed by atoms with van der Waals surface area (Å²) in [5, 5.41) is 3.88. The first-order valence-electron chi connectivity index (χ1n) is 11.7. The minimum absolute atomic E-state index is 0.0354. The summed E-state index contributed by atoms with van der Waals surface area (Å²) in [6.45, 7) is 12.5. The molecule has 6 nitrogen and oxygen atoms in total. The van der Waals surface area contributed by atoms with Crippen molar-refractivity contribution in [1.82, 2.24) is 4.90 Å². The van der Waals surface area contributed by atoms with Crippen LogP contribution in [0.2, 0.25) is 0 Å². The fourth-order valence-corrected chi connectivity index (χ4v) is 5.09. The predicted molar refractivity (Wildman–Crippen MR) is 128 cm³/mol. The molecule has 1 amide bonds. The smallest absolute Gasteiger partial charge is 0.266 e. The van der Waals surface area contributed by atoms with Crippen molar-refractivity contribution in [2.45, 2.75) is 79.2 Å². The average molecular weight is 451 g/mol. The fourth-order valence-electron chi connectivity index (χ4n) is 5.09. The van der Waals surface area contributed by atoms with E-state index < -0.39 is 17.4 Å². The second-order valence-electron chi connectivity index (χ2n) is 9.72. The molecule has 1 fully saturated rings. The first-order valence-corrected chi connectivity index (χ1v) is 11.7. The molecule has 3 rings (SSSR count). The Kier molecular flexibility index (Phi) is 7.41. The lowest BCUT2D eigenvalue weighted by molar-refractivity contribution is -0.142. The van der Waals surface area contributed by atoms with Gasteiger partial charge in [0.1, 0.15) is 17.5 Å². The van der Waals surface area contributed by atoms with Crippen LogP contribution < -0.4 is 0 Å². The number of aryl methyl sites for hydroxylation is 2. The number of ketones is 2. The van der Waals surface area contributed by atoms with Gasteiger partial charge in [0.25, 0.3) is 5.91 Å². The number of carbonyl (C=O) groups is 3. The van der Waals surface area contributed by atoms with Gasteiger partial charge in [0.05, 0.1) is 5.71 Å². The van der Waals surface area contributed by atoms with Crippen molar-refractivity contribution in [1.29, 1.82) is 0 Å². The van der Waals surface area contributed by atoms with Crippen LogP contribution in [0.5, 0.6) is 0 Å². The molecule has 0 aromatic heterocycles. The Bertz CT molecular complexity index is 1020. The van der Waals surface area contributed by atoms with Gasteiger partial charge >= 0.3 is 0 Å². The van der Waals surface area contributed by atoms with Crippen molar-refractivity contribution in [2.24, 2.45) is 10.6 Å². The quantitative estimate of drug-likeness (QED) is 0.483. The number of hydrogen-bond acceptors (Lipinski definition) is 5. The molecule has 0 N–H and O–H groups in total.